The number of nitrogens with one attached hydrogen (secondary N) is 1. The van der Waals surface area contributed by atoms with Crippen LogP contribution < -0.4 is 5.32 Å². The van der Waals surface area contributed by atoms with Crippen LogP contribution in [0.2, 0.25) is 0 Å². The number of hydrogen-bond donors (Lipinski definition) is 2. The number of anilines is 1. The molecule has 1 aromatic rings. The molecule has 1 aromatic heterocycles. The van der Waals surface area contributed by atoms with Crippen molar-refractivity contribution in [1.82, 2.24) is 9.97 Å². The van der Waals surface area contributed by atoms with E-state index in [1.807, 2.05) is 0 Å². The summed E-state index contributed by atoms with van der Waals surface area (Å²) in [5.74, 6) is 0.0371. The molecular formula is C12H17N3O3. The highest BCUT2D eigenvalue weighted by Gasteiger charge is 2.14. The van der Waals surface area contributed by atoms with E-state index in [2.05, 4.69) is 15.3 Å². The average Bonchev–Trinajstić information content (AvgIpc) is 2.40. The first-order valence-corrected chi connectivity index (χ1v) is 6.12. The molecule has 1 fully saturated rings. The maximum absolute atomic E-state index is 11.0. The number of nitrogens with zero attached hydrogens (tertiary/aromatic N) is 2. The Balaban J connectivity index is 1.84. The number of rotatable bonds is 5. The van der Waals surface area contributed by atoms with E-state index in [9.17, 15) is 4.79 Å². The molecule has 0 radical (unpaired) electrons. The van der Waals surface area contributed by atoms with Crippen LogP contribution in [0.25, 0.3) is 0 Å². The van der Waals surface area contributed by atoms with Crippen LogP contribution in [0.15, 0.2) is 12.5 Å². The van der Waals surface area contributed by atoms with Crippen molar-refractivity contribution in [3.63, 3.8) is 0 Å². The lowest BCUT2D eigenvalue weighted by Gasteiger charge is -2.22. The standard InChI is InChI=1S/C12H17N3O3/c16-12(17)10-7-13-8-15-11(10)14-4-1-9-2-5-18-6-3-9/h7-9H,1-6H2,(H,16,17)(H,13,14,15). The Morgan fingerprint density at radius 3 is 3.00 bits per heavy atom. The predicted octanol–water partition coefficient (Wildman–Crippen LogP) is 1.40. The zero-order valence-electron chi connectivity index (χ0n) is 10.1. The number of hydrogen-bond acceptors (Lipinski definition) is 5. The first-order valence-electron chi connectivity index (χ1n) is 6.12. The Kier molecular flexibility index (Phi) is 4.46. The van der Waals surface area contributed by atoms with Gasteiger partial charge < -0.3 is 15.2 Å². The zero-order valence-corrected chi connectivity index (χ0v) is 10.1. The molecule has 18 heavy (non-hydrogen) atoms. The number of aromatic carboxylic acids is 1. The summed E-state index contributed by atoms with van der Waals surface area (Å²) in [6.45, 7) is 2.39. The lowest BCUT2D eigenvalue weighted by atomic mass is 9.97. The maximum atomic E-state index is 11.0. The molecule has 6 nitrogen and oxygen atoms in total. The monoisotopic (exact) mass is 251 g/mol. The first kappa shape index (κ1) is 12.8. The van der Waals surface area contributed by atoms with Crippen molar-refractivity contribution in [1.29, 1.82) is 0 Å². The molecule has 1 aliphatic heterocycles. The second-order valence-corrected chi connectivity index (χ2v) is 4.36. The molecule has 0 amide bonds. The Morgan fingerprint density at radius 2 is 2.28 bits per heavy atom. The predicted molar refractivity (Wildman–Crippen MR) is 65.6 cm³/mol. The van der Waals surface area contributed by atoms with E-state index in [1.165, 1.54) is 12.5 Å². The normalized spacial score (nSPS) is 16.4. The first-order chi connectivity index (χ1) is 8.77. The van der Waals surface area contributed by atoms with Crippen LogP contribution in [0.5, 0.6) is 0 Å². The molecule has 0 atom stereocenters. The van der Waals surface area contributed by atoms with E-state index in [0.29, 0.717) is 11.7 Å². The molecule has 1 saturated heterocycles. The van der Waals surface area contributed by atoms with Gasteiger partial charge in [0.25, 0.3) is 0 Å². The Hall–Kier alpha value is -1.69. The van der Waals surface area contributed by atoms with Gasteiger partial charge in [-0.3, -0.25) is 0 Å². The van der Waals surface area contributed by atoms with Gasteiger partial charge in [-0.2, -0.15) is 0 Å². The van der Waals surface area contributed by atoms with E-state index in [4.69, 9.17) is 9.84 Å². The quantitative estimate of drug-likeness (QED) is 0.823. The van der Waals surface area contributed by atoms with Crippen LogP contribution >= 0.6 is 0 Å². The van der Waals surface area contributed by atoms with Gasteiger partial charge in [-0.15, -0.1) is 0 Å². The van der Waals surface area contributed by atoms with Crippen molar-refractivity contribution in [2.75, 3.05) is 25.1 Å². The molecule has 0 bridgehead atoms. The minimum atomic E-state index is -1.01. The molecule has 98 valence electrons. The number of carboxylic acids is 1. The van der Waals surface area contributed by atoms with Crippen molar-refractivity contribution in [2.24, 2.45) is 5.92 Å². The lowest BCUT2D eigenvalue weighted by Crippen LogP contribution is -2.19. The SMILES string of the molecule is O=C(O)c1cncnc1NCCC1CCOCC1. The van der Waals surface area contributed by atoms with Crippen molar-refractivity contribution < 1.29 is 14.6 Å². The third-order valence-electron chi connectivity index (χ3n) is 3.13. The molecule has 2 heterocycles. The number of carbonyl (C=O) groups is 1. The topological polar surface area (TPSA) is 84.3 Å². The third-order valence-corrected chi connectivity index (χ3v) is 3.13. The molecule has 0 unspecified atom stereocenters. The summed E-state index contributed by atoms with van der Waals surface area (Å²) in [7, 11) is 0. The Morgan fingerprint density at radius 1 is 1.50 bits per heavy atom. The van der Waals surface area contributed by atoms with Crippen molar-refractivity contribution >= 4 is 11.8 Å². The van der Waals surface area contributed by atoms with Gasteiger partial charge in [-0.25, -0.2) is 14.8 Å². The molecule has 0 aliphatic carbocycles. The van der Waals surface area contributed by atoms with Gasteiger partial charge in [0, 0.05) is 26.0 Å². The summed E-state index contributed by atoms with van der Waals surface area (Å²) in [5, 5.41) is 12.0. The fourth-order valence-corrected chi connectivity index (χ4v) is 2.06. The molecule has 2 N–H and O–H groups in total. The second-order valence-electron chi connectivity index (χ2n) is 4.36. The summed E-state index contributed by atoms with van der Waals surface area (Å²) in [4.78, 5) is 18.6. The Bertz CT molecular complexity index is 405. The molecule has 0 aromatic carbocycles. The summed E-state index contributed by atoms with van der Waals surface area (Å²) in [6, 6.07) is 0. The van der Waals surface area contributed by atoms with Gasteiger partial charge >= 0.3 is 5.97 Å². The van der Waals surface area contributed by atoms with Crippen LogP contribution in [-0.2, 0) is 4.74 Å². The van der Waals surface area contributed by atoms with E-state index in [1.54, 1.807) is 0 Å². The van der Waals surface area contributed by atoms with Crippen molar-refractivity contribution in [3.05, 3.63) is 18.1 Å². The highest BCUT2D eigenvalue weighted by molar-refractivity contribution is 5.92. The highest BCUT2D eigenvalue weighted by Crippen LogP contribution is 2.18. The summed E-state index contributed by atoms with van der Waals surface area (Å²) in [6.07, 6.45) is 5.83. The Labute approximate surface area is 105 Å². The van der Waals surface area contributed by atoms with Crippen molar-refractivity contribution in [3.8, 4) is 0 Å². The number of ether oxygens (including phenoxy) is 1. The molecular weight excluding hydrogens is 234 g/mol. The fourth-order valence-electron chi connectivity index (χ4n) is 2.06. The van der Waals surface area contributed by atoms with Crippen LogP contribution in [0, 0.1) is 5.92 Å². The average molecular weight is 251 g/mol. The fraction of sp³-hybridized carbons (Fsp3) is 0.583. The van der Waals surface area contributed by atoms with E-state index >= 15 is 0 Å². The van der Waals surface area contributed by atoms with Gasteiger partial charge in [-0.1, -0.05) is 0 Å². The van der Waals surface area contributed by atoms with Gasteiger partial charge in [0.05, 0.1) is 0 Å². The van der Waals surface area contributed by atoms with Crippen molar-refractivity contribution in [2.45, 2.75) is 19.3 Å². The molecule has 1 aliphatic rings. The van der Waals surface area contributed by atoms with Gasteiger partial charge in [-0.05, 0) is 25.2 Å². The third kappa shape index (κ3) is 3.40. The minimum Gasteiger partial charge on any atom is -0.477 e. The summed E-state index contributed by atoms with van der Waals surface area (Å²) >= 11 is 0. The molecule has 0 saturated carbocycles. The zero-order chi connectivity index (χ0) is 12.8. The van der Waals surface area contributed by atoms with Crippen LogP contribution in [0.4, 0.5) is 5.82 Å². The lowest BCUT2D eigenvalue weighted by molar-refractivity contribution is 0.0649. The van der Waals surface area contributed by atoms with Gasteiger partial charge in [0.2, 0.25) is 0 Å². The van der Waals surface area contributed by atoms with Crippen LogP contribution in [0.3, 0.4) is 0 Å². The van der Waals surface area contributed by atoms with E-state index in [0.717, 1.165) is 39.0 Å². The number of aromatic nitrogens is 2. The van der Waals surface area contributed by atoms with Gasteiger partial charge in [0.15, 0.2) is 0 Å². The van der Waals surface area contributed by atoms with Crippen LogP contribution in [-0.4, -0.2) is 40.8 Å². The van der Waals surface area contributed by atoms with E-state index in [-0.39, 0.29) is 5.56 Å². The second kappa shape index (κ2) is 6.30. The smallest absolute Gasteiger partial charge is 0.341 e. The molecule has 6 heteroatoms. The highest BCUT2D eigenvalue weighted by atomic mass is 16.5. The van der Waals surface area contributed by atoms with Gasteiger partial charge in [0.1, 0.15) is 17.7 Å². The number of carboxylic acid groups (broad SMARTS) is 1. The van der Waals surface area contributed by atoms with Crippen LogP contribution in [0.1, 0.15) is 29.6 Å². The molecule has 0 spiro atoms. The minimum absolute atomic E-state index is 0.115. The molecule has 2 rings (SSSR count). The van der Waals surface area contributed by atoms with E-state index < -0.39 is 5.97 Å². The summed E-state index contributed by atoms with van der Waals surface area (Å²) < 4.78 is 5.30. The summed E-state index contributed by atoms with van der Waals surface area (Å²) in [5.41, 5.74) is 0.115. The maximum Gasteiger partial charge on any atom is 0.341 e. The largest absolute Gasteiger partial charge is 0.477 e.